The van der Waals surface area contributed by atoms with Gasteiger partial charge in [0.2, 0.25) is 0 Å². The normalized spacial score (nSPS) is 16.6. The molecular weight excluding hydrogens is 282 g/mol. The number of hydrogen-bond acceptors (Lipinski definition) is 5. The lowest BCUT2D eigenvalue weighted by Crippen LogP contribution is -2.17. The molecule has 4 nitrogen and oxygen atoms in total. The molecule has 1 N–H and O–H groups in total. The molecule has 1 aromatic rings. The summed E-state index contributed by atoms with van der Waals surface area (Å²) in [5, 5.41) is 2.58. The Bertz CT molecular complexity index is 555. The average Bonchev–Trinajstić information content (AvgIpc) is 2.70. The number of para-hydroxylation sites is 1. The van der Waals surface area contributed by atoms with Gasteiger partial charge in [-0.05, 0) is 19.1 Å². The number of carbonyl (C=O) groups excluding carboxylic acids is 1. The van der Waals surface area contributed by atoms with Crippen molar-refractivity contribution in [3.63, 3.8) is 0 Å². The van der Waals surface area contributed by atoms with Crippen LogP contribution >= 0.6 is 24.0 Å². The number of ether oxygens (including phenoxy) is 2. The minimum atomic E-state index is -0.180. The monoisotopic (exact) mass is 295 g/mol. The van der Waals surface area contributed by atoms with E-state index in [-0.39, 0.29) is 5.91 Å². The van der Waals surface area contributed by atoms with Crippen LogP contribution in [0.2, 0.25) is 0 Å². The number of benzene rings is 1. The number of rotatable bonds is 4. The molecule has 1 saturated heterocycles. The van der Waals surface area contributed by atoms with Crippen LogP contribution in [0.3, 0.4) is 0 Å². The van der Waals surface area contributed by atoms with Gasteiger partial charge >= 0.3 is 0 Å². The van der Waals surface area contributed by atoms with Crippen molar-refractivity contribution in [1.82, 2.24) is 5.32 Å². The van der Waals surface area contributed by atoms with E-state index in [1.807, 2.05) is 25.1 Å². The van der Waals surface area contributed by atoms with Gasteiger partial charge in [-0.1, -0.05) is 36.1 Å². The summed E-state index contributed by atoms with van der Waals surface area (Å²) >= 11 is 6.20. The molecule has 1 fully saturated rings. The zero-order chi connectivity index (χ0) is 13.8. The third-order valence-corrected chi connectivity index (χ3v) is 3.61. The zero-order valence-electron chi connectivity index (χ0n) is 10.6. The van der Waals surface area contributed by atoms with Gasteiger partial charge in [0.25, 0.3) is 5.91 Å². The van der Waals surface area contributed by atoms with E-state index < -0.39 is 0 Å². The smallest absolute Gasteiger partial charge is 0.263 e. The maximum Gasteiger partial charge on any atom is 0.263 e. The van der Waals surface area contributed by atoms with Crippen LogP contribution in [-0.4, -0.2) is 23.9 Å². The summed E-state index contributed by atoms with van der Waals surface area (Å²) < 4.78 is 11.3. The second-order valence-corrected chi connectivity index (χ2v) is 5.38. The summed E-state index contributed by atoms with van der Waals surface area (Å²) in [6.07, 6.45) is 1.76. The summed E-state index contributed by atoms with van der Waals surface area (Å²) in [6, 6.07) is 5.54. The molecule has 1 amide bonds. The Morgan fingerprint density at radius 1 is 1.47 bits per heavy atom. The number of nitrogens with one attached hydrogen (secondary N) is 1. The molecule has 1 aromatic carbocycles. The summed E-state index contributed by atoms with van der Waals surface area (Å²) in [6.45, 7) is 2.42. The van der Waals surface area contributed by atoms with Crippen LogP contribution in [0.25, 0.3) is 6.08 Å². The van der Waals surface area contributed by atoms with Crippen molar-refractivity contribution in [1.29, 1.82) is 0 Å². The first kappa shape index (κ1) is 13.9. The predicted molar refractivity (Wildman–Crippen MR) is 80.5 cm³/mol. The van der Waals surface area contributed by atoms with Gasteiger partial charge in [0, 0.05) is 5.56 Å². The topological polar surface area (TPSA) is 47.6 Å². The molecule has 2 rings (SSSR count). The fourth-order valence-corrected chi connectivity index (χ4v) is 2.70. The van der Waals surface area contributed by atoms with E-state index in [1.165, 1.54) is 11.8 Å². The van der Waals surface area contributed by atoms with E-state index in [2.05, 4.69) is 5.32 Å². The lowest BCUT2D eigenvalue weighted by atomic mass is 10.1. The van der Waals surface area contributed by atoms with Gasteiger partial charge < -0.3 is 14.8 Å². The molecule has 0 aromatic heterocycles. The van der Waals surface area contributed by atoms with E-state index >= 15 is 0 Å². The fraction of sp³-hybridized carbons (Fsp3) is 0.231. The van der Waals surface area contributed by atoms with E-state index in [9.17, 15) is 4.79 Å². The zero-order valence-corrected chi connectivity index (χ0v) is 12.2. The Morgan fingerprint density at radius 2 is 2.26 bits per heavy atom. The largest absolute Gasteiger partial charge is 0.493 e. The summed E-state index contributed by atoms with van der Waals surface area (Å²) in [4.78, 5) is 12.2. The number of thiocarbonyl (C=S) groups is 1. The molecule has 100 valence electrons. The summed E-state index contributed by atoms with van der Waals surface area (Å²) in [7, 11) is 1.58. The lowest BCUT2D eigenvalue weighted by Gasteiger charge is -2.12. The molecule has 0 radical (unpaired) electrons. The molecule has 0 unspecified atom stereocenters. The van der Waals surface area contributed by atoms with Gasteiger partial charge in [-0.25, -0.2) is 0 Å². The Balaban J connectivity index is 2.42. The molecule has 0 atom stereocenters. The maximum atomic E-state index is 11.7. The van der Waals surface area contributed by atoms with E-state index in [0.717, 1.165) is 5.56 Å². The first-order valence-electron chi connectivity index (χ1n) is 5.70. The molecule has 1 aliphatic heterocycles. The molecule has 0 spiro atoms. The van der Waals surface area contributed by atoms with Crippen molar-refractivity contribution < 1.29 is 14.3 Å². The minimum Gasteiger partial charge on any atom is -0.493 e. The molecular formula is C13H13NO3S2. The number of amides is 1. The highest BCUT2D eigenvalue weighted by molar-refractivity contribution is 8.26. The number of methoxy groups -OCH3 is 1. The first-order valence-corrected chi connectivity index (χ1v) is 6.92. The van der Waals surface area contributed by atoms with Gasteiger partial charge in [0.15, 0.2) is 11.5 Å². The van der Waals surface area contributed by atoms with Crippen LogP contribution in [-0.2, 0) is 4.79 Å². The first-order chi connectivity index (χ1) is 9.15. The number of hydrogen-bond donors (Lipinski definition) is 1. The summed E-state index contributed by atoms with van der Waals surface area (Å²) in [5.41, 5.74) is 0.795. The van der Waals surface area contributed by atoms with Crippen LogP contribution in [0.15, 0.2) is 23.1 Å². The van der Waals surface area contributed by atoms with Gasteiger partial charge in [0.05, 0.1) is 18.6 Å². The molecule has 1 heterocycles. The Labute approximate surface area is 121 Å². The fourth-order valence-electron chi connectivity index (χ4n) is 1.67. The van der Waals surface area contributed by atoms with E-state index in [4.69, 9.17) is 21.7 Å². The second-order valence-electron chi connectivity index (χ2n) is 3.66. The highest BCUT2D eigenvalue weighted by Gasteiger charge is 2.23. The standard InChI is InChI=1S/C13H13NO3S2/c1-3-17-11-8(5-4-6-9(11)16-2)7-10-12(15)14-13(18)19-10/h4-7H,3H2,1-2H3,(H,14,15,18). The molecule has 19 heavy (non-hydrogen) atoms. The third kappa shape index (κ3) is 3.08. The average molecular weight is 295 g/mol. The van der Waals surface area contributed by atoms with Crippen LogP contribution < -0.4 is 14.8 Å². The molecule has 0 bridgehead atoms. The number of carbonyl (C=O) groups is 1. The van der Waals surface area contributed by atoms with Gasteiger partial charge in [-0.2, -0.15) is 0 Å². The van der Waals surface area contributed by atoms with Crippen molar-refractivity contribution in [2.75, 3.05) is 13.7 Å². The van der Waals surface area contributed by atoms with Gasteiger partial charge in [-0.3, -0.25) is 4.79 Å². The highest BCUT2D eigenvalue weighted by Crippen LogP contribution is 2.35. The molecule has 0 saturated carbocycles. The quantitative estimate of drug-likeness (QED) is 0.683. The van der Waals surface area contributed by atoms with Crippen LogP contribution in [0.5, 0.6) is 11.5 Å². The van der Waals surface area contributed by atoms with Crippen molar-refractivity contribution in [2.24, 2.45) is 0 Å². The van der Waals surface area contributed by atoms with E-state index in [1.54, 1.807) is 13.2 Å². The van der Waals surface area contributed by atoms with Crippen molar-refractivity contribution in [3.05, 3.63) is 28.7 Å². The summed E-state index contributed by atoms with van der Waals surface area (Å²) in [5.74, 6) is 1.09. The van der Waals surface area contributed by atoms with Crippen LogP contribution in [0.1, 0.15) is 12.5 Å². The molecule has 6 heteroatoms. The van der Waals surface area contributed by atoms with Crippen molar-refractivity contribution in [3.8, 4) is 11.5 Å². The molecule has 0 aliphatic carbocycles. The second kappa shape index (κ2) is 6.08. The predicted octanol–water partition coefficient (Wildman–Crippen LogP) is 2.58. The minimum absolute atomic E-state index is 0.180. The van der Waals surface area contributed by atoms with Crippen molar-refractivity contribution >= 4 is 40.3 Å². The highest BCUT2D eigenvalue weighted by atomic mass is 32.2. The SMILES string of the molecule is CCOc1c(C=C2SC(=S)NC2=O)cccc1OC. The van der Waals surface area contributed by atoms with Crippen LogP contribution in [0, 0.1) is 0 Å². The van der Waals surface area contributed by atoms with Gasteiger partial charge in [-0.15, -0.1) is 0 Å². The van der Waals surface area contributed by atoms with Gasteiger partial charge in [0.1, 0.15) is 4.32 Å². The Hall–Kier alpha value is -1.53. The maximum absolute atomic E-state index is 11.7. The lowest BCUT2D eigenvalue weighted by molar-refractivity contribution is -0.115. The number of thioether (sulfide) groups is 1. The van der Waals surface area contributed by atoms with Crippen molar-refractivity contribution in [2.45, 2.75) is 6.92 Å². The third-order valence-electron chi connectivity index (χ3n) is 2.45. The Morgan fingerprint density at radius 3 is 2.84 bits per heavy atom. The van der Waals surface area contributed by atoms with E-state index in [0.29, 0.717) is 27.3 Å². The molecule has 1 aliphatic rings. The van der Waals surface area contributed by atoms with Crippen LogP contribution in [0.4, 0.5) is 0 Å². The Kier molecular flexibility index (Phi) is 4.44.